The van der Waals surface area contributed by atoms with Gasteiger partial charge in [0.2, 0.25) is 0 Å². The maximum atomic E-state index is 5.53. The van der Waals surface area contributed by atoms with Crippen molar-refractivity contribution in [3.8, 4) is 11.3 Å². The highest BCUT2D eigenvalue weighted by Crippen LogP contribution is 2.43. The Bertz CT molecular complexity index is 997. The first-order valence-corrected chi connectivity index (χ1v) is 12.3. The lowest BCUT2D eigenvalue weighted by molar-refractivity contribution is 0.0422. The van der Waals surface area contributed by atoms with Gasteiger partial charge < -0.3 is 14.5 Å². The first kappa shape index (κ1) is 20.4. The van der Waals surface area contributed by atoms with Crippen LogP contribution in [0.5, 0.6) is 0 Å². The Labute approximate surface area is 191 Å². The van der Waals surface area contributed by atoms with Crippen LogP contribution in [-0.4, -0.2) is 80.9 Å². The number of fused-ring (bicyclic) bond motifs is 1. The predicted molar refractivity (Wildman–Crippen MR) is 130 cm³/mol. The number of hydrogen-bond acceptors (Lipinski definition) is 5. The zero-order chi connectivity index (χ0) is 21.5. The standard InChI is InChI=1S/C27H34N4O/c1-29-8-10-31(11-9-29)24-6-4-22(5-7-24)27-25-17-20(19-30-12-14-32-15-13-30)16-23(25)18-26(28-27)21-2-3-21/h4-7,17-18,21H,2-3,8-16,19H2,1H3. The highest BCUT2D eigenvalue weighted by Gasteiger charge is 2.29. The third-order valence-electron chi connectivity index (χ3n) is 7.47. The number of rotatable bonds is 5. The summed E-state index contributed by atoms with van der Waals surface area (Å²) in [6.45, 7) is 9.34. The molecule has 0 unspecified atom stereocenters. The van der Waals surface area contributed by atoms with Crippen molar-refractivity contribution in [3.63, 3.8) is 0 Å². The van der Waals surface area contributed by atoms with Crippen molar-refractivity contribution >= 4 is 11.8 Å². The second-order valence-electron chi connectivity index (χ2n) is 9.95. The molecule has 0 bridgehead atoms. The van der Waals surface area contributed by atoms with Crippen molar-refractivity contribution in [2.45, 2.75) is 25.2 Å². The summed E-state index contributed by atoms with van der Waals surface area (Å²) in [6, 6.07) is 11.6. The molecule has 2 saturated heterocycles. The number of anilines is 1. The lowest BCUT2D eigenvalue weighted by atomic mass is 10.0. The molecular weight excluding hydrogens is 396 g/mol. The van der Waals surface area contributed by atoms with E-state index in [9.17, 15) is 0 Å². The SMILES string of the molecule is CN1CCN(c2ccc(-c3nc(C4CC4)cc4c3C=C(CN3CCOCC3)C4)cc2)CC1. The maximum Gasteiger partial charge on any atom is 0.0780 e. The van der Waals surface area contributed by atoms with Crippen molar-refractivity contribution in [1.29, 1.82) is 0 Å². The van der Waals surface area contributed by atoms with Gasteiger partial charge in [-0.3, -0.25) is 9.88 Å². The summed E-state index contributed by atoms with van der Waals surface area (Å²) >= 11 is 0. The molecule has 32 heavy (non-hydrogen) atoms. The van der Waals surface area contributed by atoms with Gasteiger partial charge in [0.15, 0.2) is 0 Å². The van der Waals surface area contributed by atoms with Crippen LogP contribution in [0.25, 0.3) is 17.3 Å². The van der Waals surface area contributed by atoms with Gasteiger partial charge in [-0.25, -0.2) is 0 Å². The molecule has 5 nitrogen and oxygen atoms in total. The van der Waals surface area contributed by atoms with Gasteiger partial charge >= 0.3 is 0 Å². The molecule has 1 aromatic carbocycles. The van der Waals surface area contributed by atoms with Gasteiger partial charge in [-0.15, -0.1) is 0 Å². The molecule has 1 saturated carbocycles. The largest absolute Gasteiger partial charge is 0.379 e. The highest BCUT2D eigenvalue weighted by molar-refractivity contribution is 5.79. The number of piperazine rings is 1. The first-order valence-electron chi connectivity index (χ1n) is 12.3. The van der Waals surface area contributed by atoms with Crippen molar-refractivity contribution in [2.75, 3.05) is 71.0 Å². The van der Waals surface area contributed by atoms with Crippen molar-refractivity contribution in [2.24, 2.45) is 0 Å². The van der Waals surface area contributed by atoms with E-state index in [1.54, 1.807) is 0 Å². The fourth-order valence-electron chi connectivity index (χ4n) is 5.29. The fraction of sp³-hybridized carbons (Fsp3) is 0.519. The van der Waals surface area contributed by atoms with E-state index in [2.05, 4.69) is 58.2 Å². The van der Waals surface area contributed by atoms with E-state index in [0.29, 0.717) is 5.92 Å². The molecule has 1 aromatic heterocycles. The second-order valence-corrected chi connectivity index (χ2v) is 9.95. The van der Waals surface area contributed by atoms with Crippen LogP contribution in [-0.2, 0) is 11.2 Å². The molecule has 0 N–H and O–H groups in total. The molecule has 168 valence electrons. The zero-order valence-corrected chi connectivity index (χ0v) is 19.2. The molecular formula is C27H34N4O. The Morgan fingerprint density at radius 3 is 2.44 bits per heavy atom. The summed E-state index contributed by atoms with van der Waals surface area (Å²) in [7, 11) is 2.21. The van der Waals surface area contributed by atoms with Gasteiger partial charge in [0.05, 0.1) is 18.9 Å². The number of pyridine rings is 1. The minimum absolute atomic E-state index is 0.673. The molecule has 2 aromatic rings. The van der Waals surface area contributed by atoms with Gasteiger partial charge in [-0.1, -0.05) is 23.8 Å². The summed E-state index contributed by atoms with van der Waals surface area (Å²) < 4.78 is 5.53. The fourth-order valence-corrected chi connectivity index (χ4v) is 5.29. The van der Waals surface area contributed by atoms with Crippen LogP contribution in [0.1, 0.15) is 35.6 Å². The second kappa shape index (κ2) is 8.62. The zero-order valence-electron chi connectivity index (χ0n) is 19.2. The molecule has 2 aliphatic carbocycles. The summed E-state index contributed by atoms with van der Waals surface area (Å²) in [6.07, 6.45) is 6.09. The Morgan fingerprint density at radius 2 is 1.72 bits per heavy atom. The van der Waals surface area contributed by atoms with E-state index in [-0.39, 0.29) is 0 Å². The summed E-state index contributed by atoms with van der Waals surface area (Å²) in [5, 5.41) is 0. The minimum atomic E-state index is 0.673. The Morgan fingerprint density at radius 1 is 0.969 bits per heavy atom. The maximum absolute atomic E-state index is 5.53. The molecule has 3 heterocycles. The van der Waals surface area contributed by atoms with Crippen LogP contribution >= 0.6 is 0 Å². The molecule has 5 heteroatoms. The Balaban J connectivity index is 1.28. The van der Waals surface area contributed by atoms with Crippen molar-refractivity contribution < 1.29 is 4.74 Å². The summed E-state index contributed by atoms with van der Waals surface area (Å²) in [5.74, 6) is 0.673. The molecule has 0 amide bonds. The van der Waals surface area contributed by atoms with Crippen LogP contribution in [0, 0.1) is 0 Å². The summed E-state index contributed by atoms with van der Waals surface area (Å²) in [5.41, 5.74) is 9.43. The van der Waals surface area contributed by atoms with Crippen LogP contribution in [0.15, 0.2) is 35.9 Å². The minimum Gasteiger partial charge on any atom is -0.379 e. The average molecular weight is 431 g/mol. The first-order chi connectivity index (χ1) is 15.7. The molecule has 6 rings (SSSR count). The van der Waals surface area contributed by atoms with E-state index in [1.807, 2.05) is 0 Å². The van der Waals surface area contributed by atoms with Gasteiger partial charge in [0.25, 0.3) is 0 Å². The van der Waals surface area contributed by atoms with Crippen molar-refractivity contribution in [3.05, 3.63) is 52.7 Å². The molecule has 0 spiro atoms. The lowest BCUT2D eigenvalue weighted by Crippen LogP contribution is -2.44. The van der Waals surface area contributed by atoms with Gasteiger partial charge in [-0.05, 0) is 50.1 Å². The van der Waals surface area contributed by atoms with Gasteiger partial charge in [-0.2, -0.15) is 0 Å². The van der Waals surface area contributed by atoms with Crippen molar-refractivity contribution in [1.82, 2.24) is 14.8 Å². The average Bonchev–Trinajstić information content (AvgIpc) is 3.60. The molecule has 0 atom stereocenters. The van der Waals surface area contributed by atoms with Gasteiger partial charge in [0.1, 0.15) is 0 Å². The Kier molecular flexibility index (Phi) is 5.49. The smallest absolute Gasteiger partial charge is 0.0780 e. The number of likely N-dealkylation sites (N-methyl/N-ethyl adjacent to an activating group) is 1. The number of benzene rings is 1. The third-order valence-corrected chi connectivity index (χ3v) is 7.47. The van der Waals surface area contributed by atoms with E-state index < -0.39 is 0 Å². The van der Waals surface area contributed by atoms with Crippen LogP contribution in [0.4, 0.5) is 5.69 Å². The monoisotopic (exact) mass is 430 g/mol. The number of nitrogens with zero attached hydrogens (tertiary/aromatic N) is 4. The van der Waals surface area contributed by atoms with E-state index in [4.69, 9.17) is 9.72 Å². The normalized spacial score (nSPS) is 22.2. The van der Waals surface area contributed by atoms with Crippen LogP contribution < -0.4 is 4.90 Å². The quantitative estimate of drug-likeness (QED) is 0.723. The number of ether oxygens (including phenoxy) is 1. The van der Waals surface area contributed by atoms with E-state index >= 15 is 0 Å². The molecule has 2 aliphatic heterocycles. The highest BCUT2D eigenvalue weighted by atomic mass is 16.5. The summed E-state index contributed by atoms with van der Waals surface area (Å²) in [4.78, 5) is 12.6. The topological polar surface area (TPSA) is 31.8 Å². The van der Waals surface area contributed by atoms with E-state index in [1.165, 1.54) is 52.2 Å². The molecule has 3 fully saturated rings. The van der Waals surface area contributed by atoms with Crippen LogP contribution in [0.2, 0.25) is 0 Å². The van der Waals surface area contributed by atoms with E-state index in [0.717, 1.165) is 65.4 Å². The molecule has 0 radical (unpaired) electrons. The Hall–Kier alpha value is -2.21. The number of aromatic nitrogens is 1. The predicted octanol–water partition coefficient (Wildman–Crippen LogP) is 3.65. The molecule has 4 aliphatic rings. The third kappa shape index (κ3) is 4.21. The lowest BCUT2D eigenvalue weighted by Gasteiger charge is -2.34. The van der Waals surface area contributed by atoms with Gasteiger partial charge in [0, 0.05) is 74.2 Å². The number of morpholine rings is 1. The number of hydrogen-bond donors (Lipinski definition) is 0. The van der Waals surface area contributed by atoms with Crippen LogP contribution in [0.3, 0.4) is 0 Å².